The standard InChI is InChI=1S/C20H14ClN3O3/c1-27-16-6-2-13(3-7-16)20(26)17-12-15(5-8-18(17)21)24-19(25)9-4-14(23-24)10-11-22/h2-9,12H,10H2,1H3. The molecular formula is C20H14ClN3O3. The van der Waals surface area contributed by atoms with Gasteiger partial charge >= 0.3 is 0 Å². The molecule has 7 heteroatoms. The second-order valence-corrected chi connectivity index (χ2v) is 6.04. The van der Waals surface area contributed by atoms with Crippen molar-refractivity contribution in [3.63, 3.8) is 0 Å². The molecule has 6 nitrogen and oxygen atoms in total. The van der Waals surface area contributed by atoms with E-state index in [1.165, 1.54) is 18.2 Å². The van der Waals surface area contributed by atoms with Crippen molar-refractivity contribution in [2.45, 2.75) is 6.42 Å². The Morgan fingerprint density at radius 1 is 1.19 bits per heavy atom. The lowest BCUT2D eigenvalue weighted by Gasteiger charge is -2.10. The first-order valence-corrected chi connectivity index (χ1v) is 8.36. The van der Waals surface area contributed by atoms with Gasteiger partial charge in [0.2, 0.25) is 0 Å². The van der Waals surface area contributed by atoms with Gasteiger partial charge in [-0.3, -0.25) is 9.59 Å². The van der Waals surface area contributed by atoms with Gasteiger partial charge in [-0.1, -0.05) is 11.6 Å². The van der Waals surface area contributed by atoms with E-state index in [4.69, 9.17) is 21.6 Å². The van der Waals surface area contributed by atoms with Crippen molar-refractivity contribution in [2.24, 2.45) is 0 Å². The van der Waals surface area contributed by atoms with Crippen LogP contribution in [0, 0.1) is 11.3 Å². The van der Waals surface area contributed by atoms with Crippen molar-refractivity contribution >= 4 is 17.4 Å². The Hall–Kier alpha value is -3.43. The van der Waals surface area contributed by atoms with Crippen molar-refractivity contribution in [1.82, 2.24) is 9.78 Å². The minimum Gasteiger partial charge on any atom is -0.497 e. The minimum atomic E-state index is -0.373. The summed E-state index contributed by atoms with van der Waals surface area (Å²) in [7, 11) is 1.54. The van der Waals surface area contributed by atoms with Crippen LogP contribution in [-0.4, -0.2) is 22.7 Å². The predicted molar refractivity (Wildman–Crippen MR) is 101 cm³/mol. The van der Waals surface area contributed by atoms with Gasteiger partial charge in [-0.05, 0) is 48.5 Å². The summed E-state index contributed by atoms with van der Waals surface area (Å²) in [4.78, 5) is 25.0. The van der Waals surface area contributed by atoms with E-state index in [2.05, 4.69) is 5.10 Å². The number of halogens is 1. The maximum Gasteiger partial charge on any atom is 0.271 e. The normalized spacial score (nSPS) is 10.3. The Morgan fingerprint density at radius 2 is 1.93 bits per heavy atom. The van der Waals surface area contributed by atoms with Crippen molar-refractivity contribution in [2.75, 3.05) is 7.11 Å². The number of aromatic nitrogens is 2. The highest BCUT2D eigenvalue weighted by atomic mass is 35.5. The molecule has 0 aliphatic rings. The second kappa shape index (κ2) is 7.85. The van der Waals surface area contributed by atoms with Crippen molar-refractivity contribution in [3.05, 3.63) is 86.8 Å². The Balaban J connectivity index is 2.04. The Kier molecular flexibility index (Phi) is 5.34. The molecule has 1 heterocycles. The fourth-order valence-corrected chi connectivity index (χ4v) is 2.73. The molecular weight excluding hydrogens is 366 g/mol. The molecule has 0 amide bonds. The molecule has 3 rings (SSSR count). The molecule has 3 aromatic rings. The van der Waals surface area contributed by atoms with E-state index in [1.54, 1.807) is 43.5 Å². The molecule has 0 radical (unpaired) electrons. The number of nitriles is 1. The zero-order chi connectivity index (χ0) is 19.4. The van der Waals surface area contributed by atoms with Gasteiger partial charge in [-0.15, -0.1) is 0 Å². The number of carbonyl (C=O) groups is 1. The third-order valence-electron chi connectivity index (χ3n) is 3.91. The Bertz CT molecular complexity index is 1100. The average molecular weight is 380 g/mol. The summed E-state index contributed by atoms with van der Waals surface area (Å²) < 4.78 is 6.24. The topological polar surface area (TPSA) is 85.0 Å². The summed E-state index contributed by atoms with van der Waals surface area (Å²) in [5, 5.41) is 13.3. The molecule has 0 unspecified atom stereocenters. The third kappa shape index (κ3) is 3.89. The van der Waals surface area contributed by atoms with E-state index in [9.17, 15) is 9.59 Å². The predicted octanol–water partition coefficient (Wildman–Crippen LogP) is 3.19. The van der Waals surface area contributed by atoms with E-state index >= 15 is 0 Å². The van der Waals surface area contributed by atoms with E-state index in [-0.39, 0.29) is 28.3 Å². The van der Waals surface area contributed by atoms with E-state index in [0.29, 0.717) is 22.7 Å². The molecule has 0 bridgehead atoms. The van der Waals surface area contributed by atoms with Gasteiger partial charge < -0.3 is 4.74 Å². The SMILES string of the molecule is COc1ccc(C(=O)c2cc(-n3nc(CC#N)ccc3=O)ccc2Cl)cc1. The lowest BCUT2D eigenvalue weighted by Crippen LogP contribution is -2.21. The van der Waals surface area contributed by atoms with Crippen LogP contribution in [0.5, 0.6) is 5.75 Å². The summed E-state index contributed by atoms with van der Waals surface area (Å²) >= 11 is 6.21. The fraction of sp³-hybridized carbons (Fsp3) is 0.100. The van der Waals surface area contributed by atoms with Gasteiger partial charge in [0.1, 0.15) is 5.75 Å². The van der Waals surface area contributed by atoms with Gasteiger partial charge in [-0.25, -0.2) is 0 Å². The highest BCUT2D eigenvalue weighted by molar-refractivity contribution is 6.35. The fourth-order valence-electron chi connectivity index (χ4n) is 2.53. The highest BCUT2D eigenvalue weighted by Crippen LogP contribution is 2.23. The molecule has 0 fully saturated rings. The molecule has 0 N–H and O–H groups in total. The van der Waals surface area contributed by atoms with Crippen molar-refractivity contribution < 1.29 is 9.53 Å². The van der Waals surface area contributed by atoms with Crippen LogP contribution in [0.2, 0.25) is 5.02 Å². The number of benzene rings is 2. The molecule has 0 aliphatic carbocycles. The first-order chi connectivity index (χ1) is 13.0. The number of ketones is 1. The van der Waals surface area contributed by atoms with Crippen LogP contribution in [0.15, 0.2) is 59.4 Å². The first-order valence-electron chi connectivity index (χ1n) is 7.98. The van der Waals surface area contributed by atoms with E-state index in [0.717, 1.165) is 4.68 Å². The van der Waals surface area contributed by atoms with Gasteiger partial charge in [0.05, 0.1) is 36.0 Å². The smallest absolute Gasteiger partial charge is 0.271 e. The number of nitrogens with zero attached hydrogens (tertiary/aromatic N) is 3. The molecule has 134 valence electrons. The van der Waals surface area contributed by atoms with Gasteiger partial charge in [0.15, 0.2) is 5.78 Å². The number of methoxy groups -OCH3 is 1. The molecule has 1 aromatic heterocycles. The number of hydrogen-bond donors (Lipinski definition) is 0. The number of hydrogen-bond acceptors (Lipinski definition) is 5. The lowest BCUT2D eigenvalue weighted by atomic mass is 10.0. The van der Waals surface area contributed by atoms with Crippen LogP contribution in [0.3, 0.4) is 0 Å². The zero-order valence-electron chi connectivity index (χ0n) is 14.3. The Morgan fingerprint density at radius 3 is 2.59 bits per heavy atom. The van der Waals surface area contributed by atoms with Crippen LogP contribution in [0.1, 0.15) is 21.6 Å². The summed E-state index contributed by atoms with van der Waals surface area (Å²) in [6.07, 6.45) is 0.0749. The van der Waals surface area contributed by atoms with Crippen LogP contribution in [0.25, 0.3) is 5.69 Å². The number of rotatable bonds is 5. The second-order valence-electron chi connectivity index (χ2n) is 5.63. The lowest BCUT2D eigenvalue weighted by molar-refractivity contribution is 0.103. The van der Waals surface area contributed by atoms with Crippen molar-refractivity contribution in [1.29, 1.82) is 5.26 Å². The molecule has 0 saturated heterocycles. The highest BCUT2D eigenvalue weighted by Gasteiger charge is 2.15. The van der Waals surface area contributed by atoms with E-state index < -0.39 is 0 Å². The summed E-state index contributed by atoms with van der Waals surface area (Å²) in [5.74, 6) is 0.349. The number of carbonyl (C=O) groups excluding carboxylic acids is 1. The van der Waals surface area contributed by atoms with Crippen LogP contribution >= 0.6 is 11.6 Å². The summed E-state index contributed by atoms with van der Waals surface area (Å²) in [5.41, 5.74) is 1.16. The summed E-state index contributed by atoms with van der Waals surface area (Å²) in [6.45, 7) is 0. The van der Waals surface area contributed by atoms with Crippen LogP contribution < -0.4 is 10.3 Å². The van der Waals surface area contributed by atoms with E-state index in [1.807, 2.05) is 6.07 Å². The van der Waals surface area contributed by atoms with Gasteiger partial charge in [0, 0.05) is 17.2 Å². The quantitative estimate of drug-likeness (QED) is 0.635. The minimum absolute atomic E-state index is 0.0749. The van der Waals surface area contributed by atoms with Crippen molar-refractivity contribution in [3.8, 4) is 17.5 Å². The zero-order valence-corrected chi connectivity index (χ0v) is 15.1. The molecule has 27 heavy (non-hydrogen) atoms. The van der Waals surface area contributed by atoms with Gasteiger partial charge in [-0.2, -0.15) is 15.0 Å². The van der Waals surface area contributed by atoms with Crippen LogP contribution in [-0.2, 0) is 6.42 Å². The largest absolute Gasteiger partial charge is 0.497 e. The molecule has 0 spiro atoms. The molecule has 0 saturated carbocycles. The molecule has 0 atom stereocenters. The maximum absolute atomic E-state index is 12.8. The maximum atomic E-state index is 12.8. The first kappa shape index (κ1) is 18.4. The molecule has 0 aliphatic heterocycles. The van der Waals surface area contributed by atoms with Crippen LogP contribution in [0.4, 0.5) is 0 Å². The van der Waals surface area contributed by atoms with Gasteiger partial charge in [0.25, 0.3) is 5.56 Å². The third-order valence-corrected chi connectivity index (χ3v) is 4.24. The average Bonchev–Trinajstić information content (AvgIpc) is 2.70. The summed E-state index contributed by atoms with van der Waals surface area (Å²) in [6, 6.07) is 16.1. The number of ether oxygens (including phenoxy) is 1. The monoisotopic (exact) mass is 379 g/mol. The Labute approximate surface area is 160 Å². The molecule has 2 aromatic carbocycles.